The number of hydrogen-bond acceptors (Lipinski definition) is 3. The molecule has 1 aliphatic carbocycles. The van der Waals surface area contributed by atoms with Gasteiger partial charge in [0.1, 0.15) is 0 Å². The molecule has 13 heavy (non-hydrogen) atoms. The Balaban J connectivity index is 1.77. The molecule has 0 saturated heterocycles. The first kappa shape index (κ1) is 9.65. The van der Waals surface area contributed by atoms with Crippen molar-refractivity contribution in [1.82, 2.24) is 5.32 Å². The molecule has 2 rings (SSSR count). The van der Waals surface area contributed by atoms with Gasteiger partial charge in [-0.3, -0.25) is 0 Å². The van der Waals surface area contributed by atoms with Crippen LogP contribution in [-0.2, 0) is 6.54 Å². The molecule has 1 saturated carbocycles. The Kier molecular flexibility index (Phi) is 3.03. The van der Waals surface area contributed by atoms with Gasteiger partial charge in [0.15, 0.2) is 0 Å². The van der Waals surface area contributed by atoms with Gasteiger partial charge in [-0.05, 0) is 40.2 Å². The predicted molar refractivity (Wildman–Crippen MR) is 59.9 cm³/mol. The molecule has 0 spiro atoms. The van der Waals surface area contributed by atoms with Gasteiger partial charge in [-0.2, -0.15) is 0 Å². The molecule has 0 bridgehead atoms. The Hall–Kier alpha value is 0.100. The summed E-state index contributed by atoms with van der Waals surface area (Å²) in [6, 6.07) is 3.17. The van der Waals surface area contributed by atoms with Crippen LogP contribution in [0.4, 0.5) is 0 Å². The van der Waals surface area contributed by atoms with E-state index in [9.17, 15) is 0 Å². The Morgan fingerprint density at radius 2 is 2.38 bits per heavy atom. The van der Waals surface area contributed by atoms with Crippen LogP contribution in [0.1, 0.15) is 17.7 Å². The first-order valence-corrected chi connectivity index (χ1v) is 6.14. The van der Waals surface area contributed by atoms with Gasteiger partial charge < -0.3 is 11.1 Å². The summed E-state index contributed by atoms with van der Waals surface area (Å²) in [5.41, 5.74) is 5.70. The highest BCUT2D eigenvalue weighted by Crippen LogP contribution is 2.24. The molecular weight excluding hydrogens is 248 g/mol. The molecule has 0 radical (unpaired) electrons. The van der Waals surface area contributed by atoms with Crippen LogP contribution in [0.25, 0.3) is 0 Å². The first-order valence-electron chi connectivity index (χ1n) is 4.46. The highest BCUT2D eigenvalue weighted by atomic mass is 79.9. The third-order valence-electron chi connectivity index (χ3n) is 2.42. The van der Waals surface area contributed by atoms with Crippen LogP contribution in [0.2, 0.25) is 0 Å². The molecule has 0 atom stereocenters. The molecule has 1 aliphatic rings. The van der Waals surface area contributed by atoms with Gasteiger partial charge in [0, 0.05) is 28.0 Å². The summed E-state index contributed by atoms with van der Waals surface area (Å²) in [6.07, 6.45) is 2.26. The number of rotatable bonds is 3. The zero-order chi connectivity index (χ0) is 9.26. The molecule has 4 heteroatoms. The van der Waals surface area contributed by atoms with Gasteiger partial charge in [-0.15, -0.1) is 11.3 Å². The predicted octanol–water partition coefficient (Wildman–Crippen LogP) is 2.09. The normalized spacial score (nSPS) is 27.2. The lowest BCUT2D eigenvalue weighted by Gasteiger charge is -2.33. The van der Waals surface area contributed by atoms with E-state index in [-0.39, 0.29) is 0 Å². The molecule has 2 nitrogen and oxygen atoms in total. The minimum atomic E-state index is 0.435. The maximum Gasteiger partial charge on any atom is 0.0327 e. The lowest BCUT2D eigenvalue weighted by molar-refractivity contribution is 0.291. The molecule has 72 valence electrons. The van der Waals surface area contributed by atoms with E-state index >= 15 is 0 Å². The lowest BCUT2D eigenvalue weighted by Crippen LogP contribution is -2.47. The second kappa shape index (κ2) is 4.09. The Morgan fingerprint density at radius 1 is 1.62 bits per heavy atom. The number of hydrogen-bond donors (Lipinski definition) is 2. The van der Waals surface area contributed by atoms with Gasteiger partial charge in [-0.25, -0.2) is 0 Å². The van der Waals surface area contributed by atoms with E-state index in [1.165, 1.54) is 9.35 Å². The van der Waals surface area contributed by atoms with Crippen LogP contribution < -0.4 is 11.1 Å². The Bertz CT molecular complexity index is 281. The highest BCUT2D eigenvalue weighted by Gasteiger charge is 2.25. The minimum absolute atomic E-state index is 0.435. The fraction of sp³-hybridized carbons (Fsp3) is 0.556. The molecule has 0 unspecified atom stereocenters. The van der Waals surface area contributed by atoms with Gasteiger partial charge in [-0.1, -0.05) is 0 Å². The van der Waals surface area contributed by atoms with E-state index in [1.54, 1.807) is 11.3 Å². The summed E-state index contributed by atoms with van der Waals surface area (Å²) in [5.74, 6) is 0. The summed E-state index contributed by atoms with van der Waals surface area (Å²) < 4.78 is 1.22. The molecule has 1 aromatic heterocycles. The lowest BCUT2D eigenvalue weighted by atomic mass is 9.88. The number of nitrogens with one attached hydrogen (secondary N) is 1. The maximum absolute atomic E-state index is 5.70. The van der Waals surface area contributed by atoms with Crippen LogP contribution >= 0.6 is 27.3 Å². The molecule has 1 aromatic rings. The number of thiophene rings is 1. The zero-order valence-corrected chi connectivity index (χ0v) is 9.70. The van der Waals surface area contributed by atoms with Crippen molar-refractivity contribution in [2.45, 2.75) is 31.5 Å². The third kappa shape index (κ3) is 2.31. The molecular formula is C9H13BrN2S. The average Bonchev–Trinajstić information content (AvgIpc) is 2.43. The highest BCUT2D eigenvalue weighted by molar-refractivity contribution is 9.10. The van der Waals surface area contributed by atoms with Crippen molar-refractivity contribution in [3.05, 3.63) is 20.8 Å². The van der Waals surface area contributed by atoms with E-state index in [1.807, 2.05) is 0 Å². The molecule has 0 aromatic carbocycles. The van der Waals surface area contributed by atoms with Crippen molar-refractivity contribution < 1.29 is 0 Å². The summed E-state index contributed by atoms with van der Waals surface area (Å²) in [6.45, 7) is 0.968. The van der Waals surface area contributed by atoms with Crippen molar-refractivity contribution in [1.29, 1.82) is 0 Å². The van der Waals surface area contributed by atoms with Crippen molar-refractivity contribution in [3.63, 3.8) is 0 Å². The fourth-order valence-corrected chi connectivity index (χ4v) is 2.96. The number of halogens is 1. The summed E-state index contributed by atoms with van der Waals surface area (Å²) >= 11 is 5.30. The van der Waals surface area contributed by atoms with Gasteiger partial charge in [0.05, 0.1) is 0 Å². The van der Waals surface area contributed by atoms with Crippen LogP contribution in [0.3, 0.4) is 0 Å². The summed E-state index contributed by atoms with van der Waals surface area (Å²) in [4.78, 5) is 1.38. The zero-order valence-electron chi connectivity index (χ0n) is 7.29. The van der Waals surface area contributed by atoms with Crippen molar-refractivity contribution >= 4 is 27.3 Å². The Morgan fingerprint density at radius 3 is 2.92 bits per heavy atom. The standard InChI is InChI=1S/C9H13BrN2S/c10-8-1-2-13-9(8)5-12-7-3-6(11)4-7/h1-2,6-7,12H,3-5,11H2. The monoisotopic (exact) mass is 260 g/mol. The van der Waals surface area contributed by atoms with Gasteiger partial charge in [0.2, 0.25) is 0 Å². The molecule has 3 N–H and O–H groups in total. The topological polar surface area (TPSA) is 38.0 Å². The molecule has 0 amide bonds. The van der Waals surface area contributed by atoms with Gasteiger partial charge in [0.25, 0.3) is 0 Å². The van der Waals surface area contributed by atoms with E-state index in [4.69, 9.17) is 5.73 Å². The van der Waals surface area contributed by atoms with E-state index in [0.29, 0.717) is 12.1 Å². The van der Waals surface area contributed by atoms with Crippen LogP contribution in [0, 0.1) is 0 Å². The smallest absolute Gasteiger partial charge is 0.0327 e. The van der Waals surface area contributed by atoms with Crippen LogP contribution in [-0.4, -0.2) is 12.1 Å². The first-order chi connectivity index (χ1) is 6.25. The SMILES string of the molecule is NC1CC(NCc2sccc2Br)C1. The minimum Gasteiger partial charge on any atom is -0.328 e. The third-order valence-corrected chi connectivity index (χ3v) is 4.34. The second-order valence-electron chi connectivity index (χ2n) is 3.50. The largest absolute Gasteiger partial charge is 0.328 e. The van der Waals surface area contributed by atoms with Crippen molar-refractivity contribution in [2.75, 3.05) is 0 Å². The molecule has 1 heterocycles. The average molecular weight is 261 g/mol. The summed E-state index contributed by atoms with van der Waals surface area (Å²) in [7, 11) is 0. The fourth-order valence-electron chi connectivity index (χ4n) is 1.52. The van der Waals surface area contributed by atoms with Crippen molar-refractivity contribution in [3.8, 4) is 0 Å². The van der Waals surface area contributed by atoms with E-state index in [0.717, 1.165) is 19.4 Å². The summed E-state index contributed by atoms with van der Waals surface area (Å²) in [5, 5.41) is 5.60. The molecule has 1 fully saturated rings. The van der Waals surface area contributed by atoms with Crippen molar-refractivity contribution in [2.24, 2.45) is 5.73 Å². The van der Waals surface area contributed by atoms with E-state index < -0.39 is 0 Å². The maximum atomic E-state index is 5.70. The second-order valence-corrected chi connectivity index (χ2v) is 5.36. The quantitative estimate of drug-likeness (QED) is 0.874. The molecule has 0 aliphatic heterocycles. The van der Waals surface area contributed by atoms with Crippen LogP contribution in [0.5, 0.6) is 0 Å². The number of nitrogens with two attached hydrogens (primary N) is 1. The van der Waals surface area contributed by atoms with E-state index in [2.05, 4.69) is 32.7 Å². The van der Waals surface area contributed by atoms with Gasteiger partial charge >= 0.3 is 0 Å². The Labute approximate surface area is 90.6 Å². The van der Waals surface area contributed by atoms with Crippen LogP contribution in [0.15, 0.2) is 15.9 Å².